The second-order valence-corrected chi connectivity index (χ2v) is 3.87. The van der Waals surface area contributed by atoms with Gasteiger partial charge in [-0.3, -0.25) is 0 Å². The molecule has 0 bridgehead atoms. The molecule has 1 unspecified atom stereocenters. The second-order valence-electron chi connectivity index (χ2n) is 2.99. The summed E-state index contributed by atoms with van der Waals surface area (Å²) in [5.41, 5.74) is 0. The zero-order valence-electron chi connectivity index (χ0n) is 6.64. The van der Waals surface area contributed by atoms with Crippen molar-refractivity contribution in [3.05, 3.63) is 0 Å². The number of hydrogen-bond acceptors (Lipinski definition) is 4. The van der Waals surface area contributed by atoms with Crippen LogP contribution in [0.1, 0.15) is 6.92 Å². The van der Waals surface area contributed by atoms with E-state index in [2.05, 4.69) is 22.6 Å². The molecule has 2 fully saturated rings. The van der Waals surface area contributed by atoms with Crippen LogP contribution in [0.2, 0.25) is 0 Å². The van der Waals surface area contributed by atoms with Crippen LogP contribution in [0.5, 0.6) is 0 Å². The number of halogens is 1. The molecule has 0 amide bonds. The Morgan fingerprint density at radius 1 is 1.33 bits per heavy atom. The summed E-state index contributed by atoms with van der Waals surface area (Å²) in [5, 5.41) is 9.64. The molecule has 2 aliphatic heterocycles. The molecule has 2 aliphatic rings. The van der Waals surface area contributed by atoms with Crippen molar-refractivity contribution in [2.75, 3.05) is 4.43 Å². The number of aliphatic hydroxyl groups is 1. The monoisotopic (exact) mass is 286 g/mol. The minimum Gasteiger partial charge on any atom is -0.387 e. The minimum atomic E-state index is -0.545. The maximum atomic E-state index is 9.64. The molecule has 0 spiro atoms. The van der Waals surface area contributed by atoms with E-state index in [1.54, 1.807) is 6.92 Å². The number of aliphatic hydroxyl groups excluding tert-OH is 1. The van der Waals surface area contributed by atoms with Crippen LogP contribution in [-0.2, 0) is 14.2 Å². The van der Waals surface area contributed by atoms with E-state index in [0.717, 1.165) is 4.43 Å². The number of rotatable bonds is 1. The third kappa shape index (κ3) is 1.37. The first-order valence-corrected chi connectivity index (χ1v) is 5.45. The molecule has 0 radical (unpaired) electrons. The van der Waals surface area contributed by atoms with Gasteiger partial charge in [0.25, 0.3) is 0 Å². The molecule has 12 heavy (non-hydrogen) atoms. The highest BCUT2D eigenvalue weighted by Gasteiger charge is 2.50. The molecule has 0 aromatic rings. The lowest BCUT2D eigenvalue weighted by Crippen LogP contribution is -2.32. The third-order valence-corrected chi connectivity index (χ3v) is 2.99. The summed E-state index contributed by atoms with van der Waals surface area (Å²) in [7, 11) is 0. The van der Waals surface area contributed by atoms with Crippen LogP contribution in [0.4, 0.5) is 0 Å². The first-order valence-electron chi connectivity index (χ1n) is 3.93. The van der Waals surface area contributed by atoms with Gasteiger partial charge in [0.05, 0.1) is 6.10 Å². The molecule has 1 N–H and O–H groups in total. The van der Waals surface area contributed by atoms with Crippen molar-refractivity contribution in [1.29, 1.82) is 0 Å². The highest BCUT2D eigenvalue weighted by molar-refractivity contribution is 14.1. The molecular weight excluding hydrogens is 275 g/mol. The van der Waals surface area contributed by atoms with Crippen LogP contribution >= 0.6 is 22.6 Å². The maximum absolute atomic E-state index is 9.64. The van der Waals surface area contributed by atoms with E-state index in [-0.39, 0.29) is 24.8 Å². The van der Waals surface area contributed by atoms with Gasteiger partial charge in [0.2, 0.25) is 0 Å². The Morgan fingerprint density at radius 2 is 2.08 bits per heavy atom. The summed E-state index contributed by atoms with van der Waals surface area (Å²) in [5.74, 6) is 0. The number of alkyl halides is 1. The van der Waals surface area contributed by atoms with Gasteiger partial charge in [-0.1, -0.05) is 22.6 Å². The minimum absolute atomic E-state index is 0.145. The van der Waals surface area contributed by atoms with Gasteiger partial charge in [-0.25, -0.2) is 0 Å². The summed E-state index contributed by atoms with van der Waals surface area (Å²) in [6.45, 7) is 1.80. The van der Waals surface area contributed by atoms with Crippen molar-refractivity contribution in [1.82, 2.24) is 0 Å². The fraction of sp³-hybridized carbons (Fsp3) is 1.00. The van der Waals surface area contributed by atoms with Crippen LogP contribution in [0.25, 0.3) is 0 Å². The van der Waals surface area contributed by atoms with Crippen molar-refractivity contribution >= 4 is 22.6 Å². The predicted octanol–water partition coefficient (Wildman–Crippen LogP) is 0.269. The average molecular weight is 286 g/mol. The molecule has 0 aromatic carbocycles. The topological polar surface area (TPSA) is 47.9 Å². The Labute approximate surface area is 84.3 Å². The first-order chi connectivity index (χ1) is 5.72. The normalized spacial score (nSPS) is 52.8. The van der Waals surface area contributed by atoms with Crippen molar-refractivity contribution < 1.29 is 19.3 Å². The molecule has 0 aliphatic carbocycles. The third-order valence-electron chi connectivity index (χ3n) is 2.12. The standard InChI is InChI=1S/C7H11IO4/c1-3-10-6-5(9)4(2-8)12-7(6)11-3/h3-7,9H,2H2,1H3/t3?,4-,5+,6-,7+/m1/s1. The molecule has 2 saturated heterocycles. The molecule has 0 saturated carbocycles. The Morgan fingerprint density at radius 3 is 2.67 bits per heavy atom. The Hall–Kier alpha value is 0.570. The van der Waals surface area contributed by atoms with E-state index in [9.17, 15) is 5.11 Å². The summed E-state index contributed by atoms with van der Waals surface area (Å²) in [6, 6.07) is 0. The molecule has 4 nitrogen and oxygen atoms in total. The fourth-order valence-electron chi connectivity index (χ4n) is 1.53. The van der Waals surface area contributed by atoms with Crippen LogP contribution in [0, 0.1) is 0 Å². The van der Waals surface area contributed by atoms with Gasteiger partial charge < -0.3 is 19.3 Å². The summed E-state index contributed by atoms with van der Waals surface area (Å²) < 4.78 is 16.8. The molecule has 2 rings (SSSR count). The maximum Gasteiger partial charge on any atom is 0.189 e. The first kappa shape index (κ1) is 9.14. The van der Waals surface area contributed by atoms with Crippen molar-refractivity contribution in [2.24, 2.45) is 0 Å². The van der Waals surface area contributed by atoms with E-state index < -0.39 is 6.10 Å². The van der Waals surface area contributed by atoms with Gasteiger partial charge in [0.15, 0.2) is 12.6 Å². The van der Waals surface area contributed by atoms with Gasteiger partial charge in [-0.15, -0.1) is 0 Å². The van der Waals surface area contributed by atoms with E-state index >= 15 is 0 Å². The summed E-state index contributed by atoms with van der Waals surface area (Å²) in [4.78, 5) is 0. The van der Waals surface area contributed by atoms with Crippen LogP contribution in [-0.4, -0.2) is 40.4 Å². The number of fused-ring (bicyclic) bond motifs is 1. The van der Waals surface area contributed by atoms with Gasteiger partial charge in [-0.2, -0.15) is 0 Å². The lowest BCUT2D eigenvalue weighted by atomic mass is 10.2. The summed E-state index contributed by atoms with van der Waals surface area (Å²) >= 11 is 2.17. The predicted molar refractivity (Wildman–Crippen MR) is 49.0 cm³/mol. The van der Waals surface area contributed by atoms with Gasteiger partial charge in [0.1, 0.15) is 12.2 Å². The molecule has 0 aromatic heterocycles. The van der Waals surface area contributed by atoms with Crippen molar-refractivity contribution in [3.8, 4) is 0 Å². The van der Waals surface area contributed by atoms with Gasteiger partial charge in [-0.05, 0) is 6.92 Å². The molecule has 2 heterocycles. The zero-order chi connectivity index (χ0) is 8.72. The summed E-state index contributed by atoms with van der Waals surface area (Å²) in [6.07, 6.45) is -1.61. The Balaban J connectivity index is 2.03. The highest BCUT2D eigenvalue weighted by atomic mass is 127. The quantitative estimate of drug-likeness (QED) is 0.555. The fourth-order valence-corrected chi connectivity index (χ4v) is 2.26. The molecule has 5 heteroatoms. The highest BCUT2D eigenvalue weighted by Crippen LogP contribution is 2.32. The Bertz CT molecular complexity index is 175. The van der Waals surface area contributed by atoms with Crippen LogP contribution < -0.4 is 0 Å². The van der Waals surface area contributed by atoms with Crippen LogP contribution in [0.15, 0.2) is 0 Å². The SMILES string of the molecule is CC1O[C@H]2O[C@H](CI)[C@H](O)[C@H]2O1. The number of hydrogen-bond donors (Lipinski definition) is 1. The van der Waals surface area contributed by atoms with E-state index in [1.807, 2.05) is 0 Å². The molecule has 5 atom stereocenters. The molecule has 70 valence electrons. The van der Waals surface area contributed by atoms with E-state index in [1.165, 1.54) is 0 Å². The molecular formula is C7H11IO4. The van der Waals surface area contributed by atoms with E-state index in [0.29, 0.717) is 0 Å². The Kier molecular flexibility index (Phi) is 2.57. The lowest BCUT2D eigenvalue weighted by molar-refractivity contribution is -0.155. The average Bonchev–Trinajstić information content (AvgIpc) is 2.51. The zero-order valence-corrected chi connectivity index (χ0v) is 8.80. The largest absolute Gasteiger partial charge is 0.387 e. The number of ether oxygens (including phenoxy) is 3. The van der Waals surface area contributed by atoms with Gasteiger partial charge in [0, 0.05) is 4.43 Å². The smallest absolute Gasteiger partial charge is 0.189 e. The lowest BCUT2D eigenvalue weighted by Gasteiger charge is -2.14. The van der Waals surface area contributed by atoms with E-state index in [4.69, 9.17) is 14.2 Å². The van der Waals surface area contributed by atoms with Crippen molar-refractivity contribution in [2.45, 2.75) is 37.8 Å². The van der Waals surface area contributed by atoms with Crippen LogP contribution in [0.3, 0.4) is 0 Å². The second kappa shape index (κ2) is 3.38. The van der Waals surface area contributed by atoms with Gasteiger partial charge >= 0.3 is 0 Å². The van der Waals surface area contributed by atoms with Crippen molar-refractivity contribution in [3.63, 3.8) is 0 Å².